The molecular weight excluding hydrogens is 178 g/mol. The van der Waals surface area contributed by atoms with Crippen molar-refractivity contribution in [3.05, 3.63) is 0 Å². The molecule has 0 rings (SSSR count). The van der Waals surface area contributed by atoms with Gasteiger partial charge in [0.05, 0.1) is 12.0 Å². The summed E-state index contributed by atoms with van der Waals surface area (Å²) in [5.74, 6) is -0.0522. The minimum absolute atomic E-state index is 0.0562. The second kappa shape index (κ2) is 6.39. The second-order valence-electron chi connectivity index (χ2n) is 3.82. The topological polar surface area (TPSA) is 70.1 Å². The lowest BCUT2D eigenvalue weighted by Crippen LogP contribution is -2.31. The fraction of sp³-hybridized carbons (Fsp3) is 0.800. The summed E-state index contributed by atoms with van der Waals surface area (Å²) < 4.78 is 0. The molecule has 0 saturated heterocycles. The molecule has 0 aromatic rings. The van der Waals surface area contributed by atoms with Crippen LogP contribution in [0.1, 0.15) is 26.7 Å². The Labute approximate surface area is 85.7 Å². The average molecular weight is 197 g/mol. The van der Waals surface area contributed by atoms with Crippen LogP contribution in [0.25, 0.3) is 0 Å². The van der Waals surface area contributed by atoms with Gasteiger partial charge in [0.25, 0.3) is 0 Å². The van der Waals surface area contributed by atoms with Crippen molar-refractivity contribution in [1.82, 2.24) is 4.90 Å². The average Bonchev–Trinajstić information content (AvgIpc) is 2.13. The highest BCUT2D eigenvalue weighted by atomic mass is 16.2. The molecule has 14 heavy (non-hydrogen) atoms. The van der Waals surface area contributed by atoms with Gasteiger partial charge in [-0.2, -0.15) is 5.26 Å². The molecule has 0 aliphatic heterocycles. The van der Waals surface area contributed by atoms with Crippen LogP contribution in [0, 0.1) is 17.2 Å². The van der Waals surface area contributed by atoms with E-state index in [9.17, 15) is 4.79 Å². The first-order valence-corrected chi connectivity index (χ1v) is 4.86. The first kappa shape index (κ1) is 12.9. The summed E-state index contributed by atoms with van der Waals surface area (Å²) in [6.45, 7) is 4.18. The molecule has 1 amide bonds. The lowest BCUT2D eigenvalue weighted by atomic mass is 10.1. The maximum atomic E-state index is 11.5. The highest BCUT2D eigenvalue weighted by molar-refractivity contribution is 5.75. The van der Waals surface area contributed by atoms with E-state index in [4.69, 9.17) is 11.0 Å². The quantitative estimate of drug-likeness (QED) is 0.706. The zero-order chi connectivity index (χ0) is 11.1. The lowest BCUT2D eigenvalue weighted by Gasteiger charge is -2.18. The normalized spacial score (nSPS) is 14.2. The van der Waals surface area contributed by atoms with E-state index in [1.165, 1.54) is 0 Å². The highest BCUT2D eigenvalue weighted by Gasteiger charge is 2.12. The molecule has 0 radical (unpaired) electrons. The molecule has 0 aromatic carbocycles. The molecule has 80 valence electrons. The predicted octanol–water partition coefficient (Wildman–Crippen LogP) is 0.732. The molecule has 0 aliphatic carbocycles. The van der Waals surface area contributed by atoms with Gasteiger partial charge in [-0.05, 0) is 20.3 Å². The number of amides is 1. The molecule has 4 nitrogen and oxygen atoms in total. The maximum absolute atomic E-state index is 11.5. The Morgan fingerprint density at radius 2 is 2.14 bits per heavy atom. The molecule has 0 saturated carbocycles. The van der Waals surface area contributed by atoms with E-state index in [-0.39, 0.29) is 17.9 Å². The summed E-state index contributed by atoms with van der Waals surface area (Å²) in [4.78, 5) is 13.1. The van der Waals surface area contributed by atoms with Gasteiger partial charge in [0.15, 0.2) is 0 Å². The molecule has 0 spiro atoms. The third-order valence-corrected chi connectivity index (χ3v) is 2.01. The molecule has 0 fully saturated rings. The van der Waals surface area contributed by atoms with Gasteiger partial charge in [-0.3, -0.25) is 4.79 Å². The minimum atomic E-state index is -0.112. The Balaban J connectivity index is 3.83. The third kappa shape index (κ3) is 5.55. The number of carbonyl (C=O) groups excluding carboxylic acids is 1. The fourth-order valence-corrected chi connectivity index (χ4v) is 1.10. The molecule has 2 atom stereocenters. The molecular formula is C10H19N3O. The van der Waals surface area contributed by atoms with Crippen LogP contribution in [0.5, 0.6) is 0 Å². The smallest absolute Gasteiger partial charge is 0.222 e. The monoisotopic (exact) mass is 197 g/mol. The fourth-order valence-electron chi connectivity index (χ4n) is 1.10. The predicted molar refractivity (Wildman–Crippen MR) is 55.3 cm³/mol. The van der Waals surface area contributed by atoms with Crippen LogP contribution in [0.15, 0.2) is 0 Å². The summed E-state index contributed by atoms with van der Waals surface area (Å²) in [5, 5.41) is 8.58. The van der Waals surface area contributed by atoms with Gasteiger partial charge in [0.2, 0.25) is 5.91 Å². The Morgan fingerprint density at radius 3 is 2.57 bits per heavy atom. The lowest BCUT2D eigenvalue weighted by molar-refractivity contribution is -0.130. The summed E-state index contributed by atoms with van der Waals surface area (Å²) in [6.07, 6.45) is 1.16. The number of hydrogen-bond acceptors (Lipinski definition) is 3. The Bertz CT molecular complexity index is 220. The number of carbonyl (C=O) groups is 1. The molecule has 2 N–H and O–H groups in total. The molecule has 0 aromatic heterocycles. The van der Waals surface area contributed by atoms with Gasteiger partial charge >= 0.3 is 0 Å². The summed E-state index contributed by atoms with van der Waals surface area (Å²) in [6, 6.07) is 2.15. The van der Waals surface area contributed by atoms with E-state index in [2.05, 4.69) is 6.07 Å². The van der Waals surface area contributed by atoms with Crippen molar-refractivity contribution in [3.63, 3.8) is 0 Å². The van der Waals surface area contributed by atoms with E-state index < -0.39 is 0 Å². The van der Waals surface area contributed by atoms with Gasteiger partial charge in [-0.15, -0.1) is 0 Å². The number of nitrogens with zero attached hydrogens (tertiary/aromatic N) is 2. The summed E-state index contributed by atoms with van der Waals surface area (Å²) >= 11 is 0. The summed E-state index contributed by atoms with van der Waals surface area (Å²) in [5.41, 5.74) is 5.55. The molecule has 2 unspecified atom stereocenters. The molecule has 0 heterocycles. The van der Waals surface area contributed by atoms with Crippen molar-refractivity contribution < 1.29 is 4.79 Å². The third-order valence-electron chi connectivity index (χ3n) is 2.01. The number of rotatable bonds is 5. The molecule has 0 aliphatic rings. The van der Waals surface area contributed by atoms with Crippen molar-refractivity contribution in [2.45, 2.75) is 32.7 Å². The second-order valence-corrected chi connectivity index (χ2v) is 3.82. The van der Waals surface area contributed by atoms with E-state index >= 15 is 0 Å². The zero-order valence-electron chi connectivity index (χ0n) is 9.16. The first-order valence-electron chi connectivity index (χ1n) is 4.86. The van der Waals surface area contributed by atoms with E-state index in [0.717, 1.165) is 0 Å². The van der Waals surface area contributed by atoms with Crippen LogP contribution in [0.2, 0.25) is 0 Å². The van der Waals surface area contributed by atoms with Crippen molar-refractivity contribution in [2.24, 2.45) is 11.7 Å². The minimum Gasteiger partial charge on any atom is -0.344 e. The zero-order valence-corrected chi connectivity index (χ0v) is 9.16. The van der Waals surface area contributed by atoms with Gasteiger partial charge in [-0.1, -0.05) is 0 Å². The van der Waals surface area contributed by atoms with Crippen molar-refractivity contribution >= 4 is 5.91 Å². The van der Waals surface area contributed by atoms with E-state index in [1.54, 1.807) is 18.9 Å². The van der Waals surface area contributed by atoms with E-state index in [1.807, 2.05) is 6.92 Å². The summed E-state index contributed by atoms with van der Waals surface area (Å²) in [7, 11) is 1.72. The number of hydrogen-bond donors (Lipinski definition) is 1. The van der Waals surface area contributed by atoms with Crippen LogP contribution in [-0.4, -0.2) is 30.4 Å². The van der Waals surface area contributed by atoms with Crippen LogP contribution >= 0.6 is 0 Å². The van der Waals surface area contributed by atoms with Gasteiger partial charge in [0, 0.05) is 26.1 Å². The standard InChI is InChI=1S/C10H19N3O/c1-8(6-11)7-13(3)10(14)5-4-9(2)12/h8-9H,4-5,7,12H2,1-3H3. The van der Waals surface area contributed by atoms with Crippen LogP contribution < -0.4 is 5.73 Å². The van der Waals surface area contributed by atoms with Crippen LogP contribution in [0.3, 0.4) is 0 Å². The van der Waals surface area contributed by atoms with Crippen molar-refractivity contribution in [2.75, 3.05) is 13.6 Å². The van der Waals surface area contributed by atoms with Crippen LogP contribution in [-0.2, 0) is 4.79 Å². The Morgan fingerprint density at radius 1 is 1.57 bits per heavy atom. The Hall–Kier alpha value is -1.08. The van der Waals surface area contributed by atoms with Gasteiger partial charge in [0.1, 0.15) is 0 Å². The van der Waals surface area contributed by atoms with Crippen LogP contribution in [0.4, 0.5) is 0 Å². The number of nitrogens with two attached hydrogens (primary N) is 1. The van der Waals surface area contributed by atoms with Gasteiger partial charge < -0.3 is 10.6 Å². The molecule has 4 heteroatoms. The van der Waals surface area contributed by atoms with Crippen molar-refractivity contribution in [1.29, 1.82) is 5.26 Å². The van der Waals surface area contributed by atoms with E-state index in [0.29, 0.717) is 19.4 Å². The Kier molecular flexibility index (Phi) is 5.89. The molecule has 0 bridgehead atoms. The van der Waals surface area contributed by atoms with Crippen molar-refractivity contribution in [3.8, 4) is 6.07 Å². The SMILES string of the molecule is CC(N)CCC(=O)N(C)CC(C)C#N. The highest BCUT2D eigenvalue weighted by Crippen LogP contribution is 2.01. The first-order chi connectivity index (χ1) is 6.47. The van der Waals surface area contributed by atoms with Gasteiger partial charge in [-0.25, -0.2) is 0 Å². The largest absolute Gasteiger partial charge is 0.344 e. The number of nitriles is 1. The maximum Gasteiger partial charge on any atom is 0.222 e.